The fourth-order valence-electron chi connectivity index (χ4n) is 1.28. The molecule has 0 saturated carbocycles. The van der Waals surface area contributed by atoms with Gasteiger partial charge in [0.25, 0.3) is 0 Å². The third kappa shape index (κ3) is 2.12. The Bertz CT molecular complexity index is 503. The molecule has 2 rings (SSSR count). The van der Waals surface area contributed by atoms with Crippen molar-refractivity contribution < 1.29 is 0 Å². The number of hydrogen-bond acceptors (Lipinski definition) is 2. The van der Waals surface area contributed by atoms with Gasteiger partial charge in [0.1, 0.15) is 0 Å². The van der Waals surface area contributed by atoms with E-state index in [0.29, 0.717) is 0 Å². The lowest BCUT2D eigenvalue weighted by Gasteiger charge is -1.98. The molecule has 1 aromatic carbocycles. The molecule has 0 unspecified atom stereocenters. The number of nitrogens with zero attached hydrogens (tertiary/aromatic N) is 3. The summed E-state index contributed by atoms with van der Waals surface area (Å²) in [7, 11) is 0. The Morgan fingerprint density at radius 1 is 1.27 bits per heavy atom. The summed E-state index contributed by atoms with van der Waals surface area (Å²) < 4.78 is 1.77. The highest BCUT2D eigenvalue weighted by Gasteiger charge is 1.96. The lowest BCUT2D eigenvalue weighted by atomic mass is 10.3. The SMILES string of the molecule is N#CC=Cc1cnn(-c2ccccc2)c1. The lowest BCUT2D eigenvalue weighted by molar-refractivity contribution is 0.880. The molecule has 0 fully saturated rings. The summed E-state index contributed by atoms with van der Waals surface area (Å²) in [6.07, 6.45) is 6.77. The molecule has 0 saturated heterocycles. The van der Waals surface area contributed by atoms with E-state index in [9.17, 15) is 0 Å². The predicted octanol–water partition coefficient (Wildman–Crippen LogP) is 2.41. The van der Waals surface area contributed by atoms with Crippen LogP contribution in [-0.4, -0.2) is 9.78 Å². The normalized spacial score (nSPS) is 10.3. The molecule has 3 heteroatoms. The number of allylic oxidation sites excluding steroid dienone is 1. The van der Waals surface area contributed by atoms with Gasteiger partial charge >= 0.3 is 0 Å². The average molecular weight is 195 g/mol. The van der Waals surface area contributed by atoms with Gasteiger partial charge in [-0.1, -0.05) is 18.2 Å². The van der Waals surface area contributed by atoms with Gasteiger partial charge in [-0.3, -0.25) is 0 Å². The van der Waals surface area contributed by atoms with Crippen molar-refractivity contribution in [3.8, 4) is 11.8 Å². The summed E-state index contributed by atoms with van der Waals surface area (Å²) >= 11 is 0. The van der Waals surface area contributed by atoms with E-state index in [1.165, 1.54) is 6.08 Å². The molecule has 0 aliphatic carbocycles. The number of benzene rings is 1. The molecule has 0 bridgehead atoms. The molecule has 0 spiro atoms. The van der Waals surface area contributed by atoms with Crippen LogP contribution >= 0.6 is 0 Å². The van der Waals surface area contributed by atoms with Crippen LogP contribution in [0.25, 0.3) is 11.8 Å². The van der Waals surface area contributed by atoms with Crippen LogP contribution < -0.4 is 0 Å². The Kier molecular flexibility index (Phi) is 2.61. The summed E-state index contributed by atoms with van der Waals surface area (Å²) in [6.45, 7) is 0. The van der Waals surface area contributed by atoms with Crippen molar-refractivity contribution in [3.05, 3.63) is 54.4 Å². The molecule has 0 aliphatic heterocycles. The van der Waals surface area contributed by atoms with E-state index >= 15 is 0 Å². The van der Waals surface area contributed by atoms with Gasteiger partial charge in [-0.25, -0.2) is 4.68 Å². The zero-order valence-corrected chi connectivity index (χ0v) is 8.04. The first kappa shape index (κ1) is 9.22. The van der Waals surface area contributed by atoms with Crippen LogP contribution in [0.5, 0.6) is 0 Å². The smallest absolute Gasteiger partial charge is 0.0912 e. The van der Waals surface area contributed by atoms with Gasteiger partial charge in [0.15, 0.2) is 0 Å². The van der Waals surface area contributed by atoms with E-state index in [2.05, 4.69) is 5.10 Å². The molecule has 0 radical (unpaired) electrons. The van der Waals surface area contributed by atoms with Gasteiger partial charge in [-0.2, -0.15) is 10.4 Å². The quantitative estimate of drug-likeness (QED) is 0.690. The number of para-hydroxylation sites is 1. The van der Waals surface area contributed by atoms with Crippen LogP contribution in [0.2, 0.25) is 0 Å². The van der Waals surface area contributed by atoms with E-state index in [1.54, 1.807) is 17.0 Å². The molecular weight excluding hydrogens is 186 g/mol. The molecule has 1 heterocycles. The Balaban J connectivity index is 2.29. The summed E-state index contributed by atoms with van der Waals surface area (Å²) in [5, 5.41) is 12.6. The first-order chi connectivity index (χ1) is 7.40. The first-order valence-corrected chi connectivity index (χ1v) is 4.56. The fraction of sp³-hybridized carbons (Fsp3) is 0. The maximum atomic E-state index is 8.39. The molecule has 0 N–H and O–H groups in total. The summed E-state index contributed by atoms with van der Waals surface area (Å²) in [5.74, 6) is 0. The summed E-state index contributed by atoms with van der Waals surface area (Å²) in [4.78, 5) is 0. The van der Waals surface area contributed by atoms with Gasteiger partial charge in [0.05, 0.1) is 18.0 Å². The molecule has 3 nitrogen and oxygen atoms in total. The van der Waals surface area contributed by atoms with Crippen molar-refractivity contribution >= 4 is 6.08 Å². The third-order valence-corrected chi connectivity index (χ3v) is 1.97. The third-order valence-electron chi connectivity index (χ3n) is 1.97. The second-order valence-corrected chi connectivity index (χ2v) is 3.02. The van der Waals surface area contributed by atoms with Crippen molar-refractivity contribution in [1.29, 1.82) is 5.26 Å². The lowest BCUT2D eigenvalue weighted by Crippen LogP contribution is -1.92. The molecule has 1 aromatic heterocycles. The van der Waals surface area contributed by atoms with E-state index in [0.717, 1.165) is 11.3 Å². The van der Waals surface area contributed by atoms with Crippen LogP contribution in [-0.2, 0) is 0 Å². The standard InChI is InChI=1S/C12H9N3/c13-8-4-5-11-9-14-15(10-11)12-6-2-1-3-7-12/h1-7,9-10H. The molecule has 72 valence electrons. The summed E-state index contributed by atoms with van der Waals surface area (Å²) in [6, 6.07) is 11.8. The Hall–Kier alpha value is -2.34. The first-order valence-electron chi connectivity index (χ1n) is 4.56. The highest BCUT2D eigenvalue weighted by Crippen LogP contribution is 2.08. The van der Waals surface area contributed by atoms with E-state index in [-0.39, 0.29) is 0 Å². The molecule has 0 atom stereocenters. The second kappa shape index (κ2) is 4.25. The number of aromatic nitrogens is 2. The predicted molar refractivity (Wildman–Crippen MR) is 58.2 cm³/mol. The van der Waals surface area contributed by atoms with Gasteiger partial charge in [-0.15, -0.1) is 0 Å². The monoisotopic (exact) mass is 195 g/mol. The maximum Gasteiger partial charge on any atom is 0.0912 e. The zero-order chi connectivity index (χ0) is 10.5. The van der Waals surface area contributed by atoms with Gasteiger partial charge in [0, 0.05) is 17.8 Å². The average Bonchev–Trinajstić information content (AvgIpc) is 2.76. The second-order valence-electron chi connectivity index (χ2n) is 3.02. The van der Waals surface area contributed by atoms with Crippen molar-refractivity contribution in [2.75, 3.05) is 0 Å². The van der Waals surface area contributed by atoms with Crippen LogP contribution in [0.4, 0.5) is 0 Å². The number of rotatable bonds is 2. The fourth-order valence-corrected chi connectivity index (χ4v) is 1.28. The van der Waals surface area contributed by atoms with Gasteiger partial charge < -0.3 is 0 Å². The Morgan fingerprint density at radius 3 is 2.80 bits per heavy atom. The van der Waals surface area contributed by atoms with Crippen LogP contribution in [0, 0.1) is 11.3 Å². The van der Waals surface area contributed by atoms with Crippen molar-refractivity contribution in [1.82, 2.24) is 9.78 Å². The van der Waals surface area contributed by atoms with Gasteiger partial charge in [-0.05, 0) is 18.2 Å². The molecular formula is C12H9N3. The van der Waals surface area contributed by atoms with E-state index in [4.69, 9.17) is 5.26 Å². The maximum absolute atomic E-state index is 8.39. The Morgan fingerprint density at radius 2 is 2.07 bits per heavy atom. The van der Waals surface area contributed by atoms with Crippen molar-refractivity contribution in [2.45, 2.75) is 0 Å². The topological polar surface area (TPSA) is 41.6 Å². The van der Waals surface area contributed by atoms with E-state index in [1.807, 2.05) is 42.6 Å². The number of nitriles is 1. The number of hydrogen-bond donors (Lipinski definition) is 0. The molecule has 0 amide bonds. The Labute approximate surface area is 87.9 Å². The van der Waals surface area contributed by atoms with Crippen molar-refractivity contribution in [2.24, 2.45) is 0 Å². The highest BCUT2D eigenvalue weighted by molar-refractivity contribution is 5.50. The largest absolute Gasteiger partial charge is 0.240 e. The summed E-state index contributed by atoms with van der Waals surface area (Å²) in [5.41, 5.74) is 1.93. The van der Waals surface area contributed by atoms with Crippen LogP contribution in [0.3, 0.4) is 0 Å². The van der Waals surface area contributed by atoms with Crippen LogP contribution in [0.15, 0.2) is 48.8 Å². The molecule has 2 aromatic rings. The van der Waals surface area contributed by atoms with Crippen molar-refractivity contribution in [3.63, 3.8) is 0 Å². The molecule has 0 aliphatic rings. The van der Waals surface area contributed by atoms with Crippen LogP contribution in [0.1, 0.15) is 5.56 Å². The van der Waals surface area contributed by atoms with Gasteiger partial charge in [0.2, 0.25) is 0 Å². The minimum atomic E-state index is 0.917. The zero-order valence-electron chi connectivity index (χ0n) is 8.04. The minimum Gasteiger partial charge on any atom is -0.240 e. The highest BCUT2D eigenvalue weighted by atomic mass is 15.3. The molecule has 15 heavy (non-hydrogen) atoms. The minimum absolute atomic E-state index is 0.917. The van der Waals surface area contributed by atoms with E-state index < -0.39 is 0 Å².